The third kappa shape index (κ3) is 5.40. The minimum absolute atomic E-state index is 0.122. The summed E-state index contributed by atoms with van der Waals surface area (Å²) < 4.78 is 20.2. The molecule has 0 aliphatic rings. The number of aromatic nitrogens is 4. The molecule has 2 heterocycles. The van der Waals surface area contributed by atoms with E-state index in [9.17, 15) is 5.11 Å². The van der Waals surface area contributed by atoms with Gasteiger partial charge in [-0.15, -0.1) is 0 Å². The molecule has 0 bridgehead atoms. The van der Waals surface area contributed by atoms with E-state index in [1.54, 1.807) is 18.0 Å². The van der Waals surface area contributed by atoms with E-state index in [1.807, 2.05) is 104 Å². The largest absolute Gasteiger partial charge is 0.497 e. The molecule has 9 nitrogen and oxygen atoms in total. The second-order valence-electron chi connectivity index (χ2n) is 9.53. The van der Waals surface area contributed by atoms with Crippen molar-refractivity contribution in [2.24, 2.45) is 0 Å². The summed E-state index contributed by atoms with van der Waals surface area (Å²) in [5.41, 5.74) is 3.21. The van der Waals surface area contributed by atoms with Crippen molar-refractivity contribution in [2.45, 2.75) is 18.4 Å². The van der Waals surface area contributed by atoms with Crippen molar-refractivity contribution >= 4 is 17.0 Å². The third-order valence-corrected chi connectivity index (χ3v) is 6.80. The van der Waals surface area contributed by atoms with Crippen molar-refractivity contribution in [1.82, 2.24) is 19.5 Å². The van der Waals surface area contributed by atoms with Crippen LogP contribution < -0.4 is 9.64 Å². The second-order valence-corrected chi connectivity index (χ2v) is 9.53. The lowest BCUT2D eigenvalue weighted by Crippen LogP contribution is -2.37. The molecule has 1 unspecified atom stereocenters. The molecule has 0 aliphatic carbocycles. The molecule has 0 amide bonds. The zero-order valence-corrected chi connectivity index (χ0v) is 22.8. The Morgan fingerprint density at radius 3 is 2.05 bits per heavy atom. The molecule has 2 aromatic heterocycles. The van der Waals surface area contributed by atoms with Gasteiger partial charge in [-0.25, -0.2) is 15.0 Å². The van der Waals surface area contributed by atoms with Gasteiger partial charge >= 0.3 is 0 Å². The number of nitrogens with zero attached hydrogens (tertiary/aromatic N) is 5. The molecule has 0 aliphatic heterocycles. The summed E-state index contributed by atoms with van der Waals surface area (Å²) in [6.45, 7) is 0.0326. The van der Waals surface area contributed by atoms with Gasteiger partial charge in [0.2, 0.25) is 0 Å². The number of benzene rings is 3. The van der Waals surface area contributed by atoms with Crippen LogP contribution >= 0.6 is 0 Å². The van der Waals surface area contributed by atoms with Crippen molar-refractivity contribution in [3.63, 3.8) is 0 Å². The fourth-order valence-corrected chi connectivity index (χ4v) is 4.77. The minimum Gasteiger partial charge on any atom is -0.497 e. The Hall–Kier alpha value is -4.31. The molecule has 3 aromatic carbocycles. The van der Waals surface area contributed by atoms with E-state index in [0.29, 0.717) is 11.2 Å². The maximum Gasteiger partial charge on any atom is 0.167 e. The molecule has 206 valence electrons. The van der Waals surface area contributed by atoms with Crippen LogP contribution in [0.3, 0.4) is 0 Å². The highest BCUT2D eigenvalue weighted by Crippen LogP contribution is 2.41. The smallest absolute Gasteiger partial charge is 0.167 e. The predicted molar refractivity (Wildman–Crippen MR) is 153 cm³/mol. The van der Waals surface area contributed by atoms with Crippen LogP contribution in [0.1, 0.15) is 16.7 Å². The Labute approximate surface area is 233 Å². The van der Waals surface area contributed by atoms with E-state index in [2.05, 4.69) is 15.0 Å². The summed E-state index contributed by atoms with van der Waals surface area (Å²) in [5, 5.41) is 10.3. The normalized spacial score (nSPS) is 12.4. The van der Waals surface area contributed by atoms with E-state index in [0.717, 1.165) is 28.3 Å². The lowest BCUT2D eigenvalue weighted by molar-refractivity contribution is -0.0970. The van der Waals surface area contributed by atoms with Gasteiger partial charge in [0, 0.05) is 14.1 Å². The number of ether oxygens (including phenoxy) is 3. The SMILES string of the molecule is COc1ccc(C(OCC(CO)OCn2cnc3c(N(C)C)ncnc32)(c2ccccc2)c2ccccc2)cc1. The highest BCUT2D eigenvalue weighted by molar-refractivity contribution is 5.82. The molecular formula is C31H33N5O4. The van der Waals surface area contributed by atoms with E-state index in [1.165, 1.54) is 6.33 Å². The fourth-order valence-electron chi connectivity index (χ4n) is 4.77. The number of aliphatic hydroxyl groups excluding tert-OH is 1. The summed E-state index contributed by atoms with van der Waals surface area (Å²) in [7, 11) is 5.46. The van der Waals surface area contributed by atoms with Crippen LogP contribution in [0.2, 0.25) is 0 Å². The van der Waals surface area contributed by atoms with Crippen LogP contribution in [-0.4, -0.2) is 65.1 Å². The van der Waals surface area contributed by atoms with Crippen molar-refractivity contribution in [1.29, 1.82) is 0 Å². The van der Waals surface area contributed by atoms with Crippen molar-refractivity contribution in [3.05, 3.63) is 114 Å². The minimum atomic E-state index is -0.957. The first kappa shape index (κ1) is 27.3. The highest BCUT2D eigenvalue weighted by atomic mass is 16.6. The van der Waals surface area contributed by atoms with Gasteiger partial charge in [0.25, 0.3) is 0 Å². The van der Waals surface area contributed by atoms with Crippen LogP contribution in [0.25, 0.3) is 11.2 Å². The lowest BCUT2D eigenvalue weighted by Gasteiger charge is -2.37. The van der Waals surface area contributed by atoms with E-state index >= 15 is 0 Å². The Morgan fingerprint density at radius 1 is 0.850 bits per heavy atom. The van der Waals surface area contributed by atoms with Crippen LogP contribution in [0.15, 0.2) is 97.6 Å². The molecule has 0 fully saturated rings. The Morgan fingerprint density at radius 2 is 1.48 bits per heavy atom. The fraction of sp³-hybridized carbons (Fsp3) is 0.258. The Bertz CT molecular complexity index is 1470. The molecule has 9 heteroatoms. The molecule has 40 heavy (non-hydrogen) atoms. The van der Waals surface area contributed by atoms with Crippen molar-refractivity contribution in [3.8, 4) is 5.75 Å². The Kier molecular flexibility index (Phi) is 8.35. The number of anilines is 1. The molecule has 0 spiro atoms. The molecule has 5 aromatic rings. The number of hydrogen-bond donors (Lipinski definition) is 1. The predicted octanol–water partition coefficient (Wildman–Crippen LogP) is 4.24. The molecule has 1 atom stereocenters. The molecule has 0 saturated carbocycles. The first-order valence-electron chi connectivity index (χ1n) is 13.0. The quantitative estimate of drug-likeness (QED) is 0.235. The van der Waals surface area contributed by atoms with Gasteiger partial charge in [-0.05, 0) is 28.8 Å². The van der Waals surface area contributed by atoms with Gasteiger partial charge in [0.05, 0.1) is 26.7 Å². The number of methoxy groups -OCH3 is 1. The standard InChI is InChI=1S/C31H33N5O4/c1-35(2)29-28-30(33-20-32-29)36(21-34-28)22-39-27(18-37)19-40-31(23-10-6-4-7-11-23,24-12-8-5-9-13-24)25-14-16-26(38-3)17-15-25/h4-17,20-21,27,37H,18-19,22H2,1-3H3. The van der Waals surface area contributed by atoms with Crippen molar-refractivity contribution < 1.29 is 19.3 Å². The van der Waals surface area contributed by atoms with E-state index in [4.69, 9.17) is 14.2 Å². The molecule has 1 N–H and O–H groups in total. The Balaban J connectivity index is 1.45. The summed E-state index contributed by atoms with van der Waals surface area (Å²) >= 11 is 0. The molecule has 5 rings (SSSR count). The summed E-state index contributed by atoms with van der Waals surface area (Å²) in [5.74, 6) is 1.48. The topological polar surface area (TPSA) is 94.8 Å². The number of rotatable bonds is 12. The first-order valence-corrected chi connectivity index (χ1v) is 13.0. The lowest BCUT2D eigenvalue weighted by atomic mass is 9.80. The van der Waals surface area contributed by atoms with Gasteiger partial charge < -0.3 is 24.2 Å². The molecule has 0 saturated heterocycles. The second kappa shape index (κ2) is 12.3. The monoisotopic (exact) mass is 539 g/mol. The van der Waals surface area contributed by atoms with Gasteiger partial charge in [-0.1, -0.05) is 72.8 Å². The van der Waals surface area contributed by atoms with Crippen LogP contribution in [0.5, 0.6) is 5.75 Å². The van der Waals surface area contributed by atoms with Crippen LogP contribution in [0, 0.1) is 0 Å². The number of hydrogen-bond acceptors (Lipinski definition) is 8. The van der Waals surface area contributed by atoms with Gasteiger partial charge in [0.1, 0.15) is 30.5 Å². The van der Waals surface area contributed by atoms with Gasteiger partial charge in [0.15, 0.2) is 17.0 Å². The first-order chi connectivity index (χ1) is 19.6. The molecule has 0 radical (unpaired) electrons. The number of fused-ring (bicyclic) bond motifs is 1. The number of aliphatic hydroxyl groups is 1. The van der Waals surface area contributed by atoms with Crippen molar-refractivity contribution in [2.75, 3.05) is 39.3 Å². The zero-order chi connectivity index (χ0) is 28.0. The van der Waals surface area contributed by atoms with Crippen LogP contribution in [-0.2, 0) is 21.8 Å². The van der Waals surface area contributed by atoms with Gasteiger partial charge in [-0.3, -0.25) is 4.57 Å². The summed E-state index contributed by atoms with van der Waals surface area (Å²) in [6.07, 6.45) is 2.56. The molecular weight excluding hydrogens is 506 g/mol. The maximum absolute atomic E-state index is 10.3. The van der Waals surface area contributed by atoms with Crippen LogP contribution in [0.4, 0.5) is 5.82 Å². The average Bonchev–Trinajstić information content (AvgIpc) is 3.43. The third-order valence-electron chi connectivity index (χ3n) is 6.80. The van der Waals surface area contributed by atoms with E-state index < -0.39 is 11.7 Å². The summed E-state index contributed by atoms with van der Waals surface area (Å²) in [4.78, 5) is 15.1. The zero-order valence-electron chi connectivity index (χ0n) is 22.8. The summed E-state index contributed by atoms with van der Waals surface area (Å²) in [6, 6.07) is 28.0. The highest BCUT2D eigenvalue weighted by Gasteiger charge is 2.38. The van der Waals surface area contributed by atoms with E-state index in [-0.39, 0.29) is 19.9 Å². The average molecular weight is 540 g/mol. The van der Waals surface area contributed by atoms with Gasteiger partial charge in [-0.2, -0.15) is 0 Å². The maximum atomic E-state index is 10.3. The number of imidazole rings is 1.